The predicted molar refractivity (Wildman–Crippen MR) is 90.8 cm³/mol. The Bertz CT molecular complexity index is 476. The number of amides is 1. The summed E-state index contributed by atoms with van der Waals surface area (Å²) in [7, 11) is 0. The second-order valence-electron chi connectivity index (χ2n) is 6.47. The summed E-state index contributed by atoms with van der Waals surface area (Å²) in [6.07, 6.45) is 1.69. The van der Waals surface area contributed by atoms with Crippen LogP contribution in [0.3, 0.4) is 0 Å². The van der Waals surface area contributed by atoms with Crippen LogP contribution < -0.4 is 0 Å². The molecule has 0 saturated carbocycles. The fraction of sp³-hybridized carbons (Fsp3) is 0.750. The maximum absolute atomic E-state index is 12.4. The largest absolute Gasteiger partial charge is 0.390 e. The maximum Gasteiger partial charge on any atom is 0.233 e. The molecule has 22 heavy (non-hydrogen) atoms. The molecule has 126 valence electrons. The highest BCUT2D eigenvalue weighted by Gasteiger charge is 2.21. The third-order valence-corrected chi connectivity index (χ3v) is 4.31. The number of carbonyl (C=O) groups excluding carboxylic acids is 1. The van der Waals surface area contributed by atoms with E-state index in [9.17, 15) is 9.90 Å². The van der Waals surface area contributed by atoms with Gasteiger partial charge in [0.15, 0.2) is 5.16 Å². The van der Waals surface area contributed by atoms with Crippen molar-refractivity contribution in [2.45, 2.75) is 71.9 Å². The average molecular weight is 327 g/mol. The lowest BCUT2D eigenvalue weighted by molar-refractivity contribution is -0.131. The summed E-state index contributed by atoms with van der Waals surface area (Å²) in [4.78, 5) is 18.7. The number of nitrogens with zero attached hydrogens (tertiary/aromatic N) is 3. The first-order valence-electron chi connectivity index (χ1n) is 7.87. The minimum Gasteiger partial charge on any atom is -0.390 e. The first kappa shape index (κ1) is 19.0. The van der Waals surface area contributed by atoms with Crippen LogP contribution in [-0.4, -0.2) is 43.3 Å². The highest BCUT2D eigenvalue weighted by Crippen LogP contribution is 2.21. The molecule has 6 heteroatoms. The first-order chi connectivity index (χ1) is 10.3. The monoisotopic (exact) mass is 327 g/mol. The lowest BCUT2D eigenvalue weighted by Gasteiger charge is -2.30. The Morgan fingerprint density at radius 1 is 1.27 bits per heavy atom. The topological polar surface area (TPSA) is 58.4 Å². The van der Waals surface area contributed by atoms with E-state index in [0.717, 1.165) is 17.4 Å². The first-order valence-corrected chi connectivity index (χ1v) is 8.85. The molecule has 0 atom stereocenters. The SMILES string of the molecule is CC(C)Cn1c(CO)cnc1SCC(=O)N(C(C)C)C(C)C. The van der Waals surface area contributed by atoms with Crippen LogP contribution >= 0.6 is 11.8 Å². The van der Waals surface area contributed by atoms with Crippen molar-refractivity contribution in [2.75, 3.05) is 5.75 Å². The summed E-state index contributed by atoms with van der Waals surface area (Å²) in [5, 5.41) is 10.2. The van der Waals surface area contributed by atoms with Gasteiger partial charge in [0.2, 0.25) is 5.91 Å². The maximum atomic E-state index is 12.4. The fourth-order valence-corrected chi connectivity index (χ4v) is 3.44. The van der Waals surface area contributed by atoms with Gasteiger partial charge in [0, 0.05) is 18.6 Å². The lowest BCUT2D eigenvalue weighted by Crippen LogP contribution is -2.43. The van der Waals surface area contributed by atoms with E-state index >= 15 is 0 Å². The number of rotatable bonds is 8. The zero-order valence-corrected chi connectivity index (χ0v) is 15.4. The molecule has 1 heterocycles. The van der Waals surface area contributed by atoms with Crippen molar-refractivity contribution in [3.8, 4) is 0 Å². The number of hydrogen-bond donors (Lipinski definition) is 1. The Labute approximate surface area is 138 Å². The van der Waals surface area contributed by atoms with Crippen molar-refractivity contribution in [1.29, 1.82) is 0 Å². The fourth-order valence-electron chi connectivity index (χ4n) is 2.57. The molecular formula is C16H29N3O2S. The van der Waals surface area contributed by atoms with E-state index in [1.165, 1.54) is 11.8 Å². The van der Waals surface area contributed by atoms with E-state index in [4.69, 9.17) is 0 Å². The second-order valence-corrected chi connectivity index (χ2v) is 7.41. The average Bonchev–Trinajstić information content (AvgIpc) is 2.76. The summed E-state index contributed by atoms with van der Waals surface area (Å²) in [5.74, 6) is 0.952. The molecule has 1 rings (SSSR count). The van der Waals surface area contributed by atoms with Gasteiger partial charge >= 0.3 is 0 Å². The summed E-state index contributed by atoms with van der Waals surface area (Å²) in [6, 6.07) is 0.382. The van der Waals surface area contributed by atoms with Gasteiger partial charge in [-0.15, -0.1) is 0 Å². The van der Waals surface area contributed by atoms with Crippen LogP contribution in [0.2, 0.25) is 0 Å². The molecule has 1 aromatic heterocycles. The van der Waals surface area contributed by atoms with E-state index in [-0.39, 0.29) is 24.6 Å². The summed E-state index contributed by atoms with van der Waals surface area (Å²) in [6.45, 7) is 13.2. The number of aliphatic hydroxyl groups is 1. The second kappa shape index (κ2) is 8.58. The molecule has 0 saturated heterocycles. The van der Waals surface area contributed by atoms with Gasteiger partial charge in [-0.25, -0.2) is 4.98 Å². The Hall–Kier alpha value is -1.01. The van der Waals surface area contributed by atoms with E-state index in [1.807, 2.05) is 37.2 Å². The van der Waals surface area contributed by atoms with Gasteiger partial charge in [0.1, 0.15) is 0 Å². The molecule has 5 nitrogen and oxygen atoms in total. The Kier molecular flexibility index (Phi) is 7.42. The zero-order valence-electron chi connectivity index (χ0n) is 14.5. The van der Waals surface area contributed by atoms with Crippen LogP contribution in [0, 0.1) is 5.92 Å². The molecule has 0 aliphatic carbocycles. The van der Waals surface area contributed by atoms with Crippen LogP contribution in [0.15, 0.2) is 11.4 Å². The van der Waals surface area contributed by atoms with Crippen molar-refractivity contribution in [1.82, 2.24) is 14.5 Å². The third-order valence-electron chi connectivity index (χ3n) is 3.34. The van der Waals surface area contributed by atoms with Crippen LogP contribution in [0.1, 0.15) is 47.2 Å². The molecule has 0 aliphatic heterocycles. The molecule has 0 radical (unpaired) electrons. The number of thioether (sulfide) groups is 1. The van der Waals surface area contributed by atoms with Crippen LogP contribution in [0.25, 0.3) is 0 Å². The smallest absolute Gasteiger partial charge is 0.233 e. The van der Waals surface area contributed by atoms with Gasteiger partial charge in [0.25, 0.3) is 0 Å². The lowest BCUT2D eigenvalue weighted by atomic mass is 10.2. The van der Waals surface area contributed by atoms with E-state index in [0.29, 0.717) is 11.7 Å². The predicted octanol–water partition coefficient (Wildman–Crippen LogP) is 2.77. The number of carbonyl (C=O) groups is 1. The molecule has 0 spiro atoms. The molecule has 0 aromatic carbocycles. The molecule has 1 aromatic rings. The Morgan fingerprint density at radius 2 is 1.86 bits per heavy atom. The van der Waals surface area contributed by atoms with Crippen molar-refractivity contribution in [3.05, 3.63) is 11.9 Å². The standard InChI is InChI=1S/C16H29N3O2S/c1-11(2)8-18-14(9-20)7-17-16(18)22-10-15(21)19(12(3)4)13(5)6/h7,11-13,20H,8-10H2,1-6H3. The number of imidazole rings is 1. The van der Waals surface area contributed by atoms with Gasteiger partial charge in [-0.2, -0.15) is 0 Å². The van der Waals surface area contributed by atoms with Gasteiger partial charge < -0.3 is 14.6 Å². The van der Waals surface area contributed by atoms with Crippen molar-refractivity contribution < 1.29 is 9.90 Å². The van der Waals surface area contributed by atoms with Crippen molar-refractivity contribution >= 4 is 17.7 Å². The molecule has 0 aliphatic rings. The summed E-state index contributed by atoms with van der Waals surface area (Å²) in [5.41, 5.74) is 0.799. The Balaban J connectivity index is 2.79. The van der Waals surface area contributed by atoms with Crippen LogP contribution in [-0.2, 0) is 17.9 Å². The van der Waals surface area contributed by atoms with Gasteiger partial charge in [-0.1, -0.05) is 25.6 Å². The minimum atomic E-state index is -0.0294. The van der Waals surface area contributed by atoms with Gasteiger partial charge in [0.05, 0.1) is 24.3 Å². The van der Waals surface area contributed by atoms with Crippen LogP contribution in [0.5, 0.6) is 0 Å². The van der Waals surface area contributed by atoms with Crippen LogP contribution in [0.4, 0.5) is 0 Å². The van der Waals surface area contributed by atoms with E-state index < -0.39 is 0 Å². The quantitative estimate of drug-likeness (QED) is 0.746. The molecule has 0 bridgehead atoms. The van der Waals surface area contributed by atoms with Gasteiger partial charge in [-0.05, 0) is 33.6 Å². The Morgan fingerprint density at radius 3 is 2.32 bits per heavy atom. The van der Waals surface area contributed by atoms with E-state index in [1.54, 1.807) is 6.20 Å². The normalized spacial score (nSPS) is 11.7. The van der Waals surface area contributed by atoms with Crippen molar-refractivity contribution in [3.63, 3.8) is 0 Å². The highest BCUT2D eigenvalue weighted by atomic mass is 32.2. The zero-order chi connectivity index (χ0) is 16.9. The molecule has 0 unspecified atom stereocenters. The van der Waals surface area contributed by atoms with Crippen molar-refractivity contribution in [2.24, 2.45) is 5.92 Å². The summed E-state index contributed by atoms with van der Waals surface area (Å²) < 4.78 is 2.01. The van der Waals surface area contributed by atoms with Gasteiger partial charge in [-0.3, -0.25) is 4.79 Å². The summed E-state index contributed by atoms with van der Waals surface area (Å²) >= 11 is 1.45. The third kappa shape index (κ3) is 5.02. The minimum absolute atomic E-state index is 0.0294. The number of aromatic nitrogens is 2. The molecule has 1 N–H and O–H groups in total. The molecule has 0 fully saturated rings. The van der Waals surface area contributed by atoms with E-state index in [2.05, 4.69) is 18.8 Å². The highest BCUT2D eigenvalue weighted by molar-refractivity contribution is 7.99. The molecule has 1 amide bonds. The number of aliphatic hydroxyl groups excluding tert-OH is 1. The number of hydrogen-bond acceptors (Lipinski definition) is 4. The molecular weight excluding hydrogens is 298 g/mol.